The summed E-state index contributed by atoms with van der Waals surface area (Å²) in [6, 6.07) is 3.68. The second-order valence-electron chi connectivity index (χ2n) is 3.68. The zero-order valence-electron chi connectivity index (χ0n) is 9.45. The minimum absolute atomic E-state index is 0.178. The Kier molecular flexibility index (Phi) is 3.27. The van der Waals surface area contributed by atoms with E-state index in [-0.39, 0.29) is 5.69 Å². The molecule has 2 aromatic heterocycles. The van der Waals surface area contributed by atoms with Gasteiger partial charge in [-0.15, -0.1) is 0 Å². The number of hydrogen-bond acceptors (Lipinski definition) is 3. The molecule has 0 aliphatic carbocycles. The van der Waals surface area contributed by atoms with Crippen molar-refractivity contribution >= 4 is 11.6 Å². The van der Waals surface area contributed by atoms with Gasteiger partial charge in [-0.1, -0.05) is 0 Å². The number of halogens is 2. The standard InChI is InChI=1S/C12H9F2N3O/c1-7-4-8(6-15-5-7)12(18)16-9-2-3-10(13)17-11(9)14/h2-6H,1H3,(H,16,18). The number of amides is 1. The van der Waals surface area contributed by atoms with E-state index in [1.165, 1.54) is 6.20 Å². The molecule has 0 spiro atoms. The van der Waals surface area contributed by atoms with Crippen LogP contribution < -0.4 is 5.32 Å². The Balaban J connectivity index is 2.21. The van der Waals surface area contributed by atoms with Gasteiger partial charge in [0.15, 0.2) is 0 Å². The molecule has 2 aromatic rings. The maximum Gasteiger partial charge on any atom is 0.257 e. The molecule has 0 radical (unpaired) electrons. The molecule has 0 fully saturated rings. The van der Waals surface area contributed by atoms with Gasteiger partial charge >= 0.3 is 0 Å². The molecule has 4 nitrogen and oxygen atoms in total. The number of rotatable bonds is 2. The summed E-state index contributed by atoms with van der Waals surface area (Å²) in [7, 11) is 0. The van der Waals surface area contributed by atoms with E-state index >= 15 is 0 Å². The molecule has 0 saturated heterocycles. The van der Waals surface area contributed by atoms with E-state index in [0.717, 1.165) is 17.7 Å². The quantitative estimate of drug-likeness (QED) is 0.831. The van der Waals surface area contributed by atoms with Gasteiger partial charge in [0.05, 0.1) is 11.3 Å². The van der Waals surface area contributed by atoms with Crippen LogP contribution in [-0.2, 0) is 0 Å². The fourth-order valence-electron chi connectivity index (χ4n) is 1.38. The third-order valence-electron chi connectivity index (χ3n) is 2.20. The number of anilines is 1. The van der Waals surface area contributed by atoms with E-state index in [1.807, 2.05) is 0 Å². The lowest BCUT2D eigenvalue weighted by molar-refractivity contribution is 0.102. The van der Waals surface area contributed by atoms with Gasteiger partial charge < -0.3 is 5.32 Å². The van der Waals surface area contributed by atoms with Gasteiger partial charge in [0.25, 0.3) is 5.91 Å². The molecular formula is C12H9F2N3O. The molecule has 0 aliphatic heterocycles. The normalized spacial score (nSPS) is 10.2. The van der Waals surface area contributed by atoms with Gasteiger partial charge in [-0.05, 0) is 30.7 Å². The van der Waals surface area contributed by atoms with Crippen LogP contribution in [0.15, 0.2) is 30.6 Å². The summed E-state index contributed by atoms with van der Waals surface area (Å²) in [5.41, 5.74) is 0.919. The minimum Gasteiger partial charge on any atom is -0.318 e. The largest absolute Gasteiger partial charge is 0.318 e. The van der Waals surface area contributed by atoms with Crippen molar-refractivity contribution in [1.82, 2.24) is 9.97 Å². The summed E-state index contributed by atoms with van der Waals surface area (Å²) < 4.78 is 25.8. The van der Waals surface area contributed by atoms with E-state index in [0.29, 0.717) is 5.56 Å². The van der Waals surface area contributed by atoms with E-state index in [1.54, 1.807) is 19.2 Å². The van der Waals surface area contributed by atoms with Crippen molar-refractivity contribution in [3.05, 3.63) is 53.6 Å². The second kappa shape index (κ2) is 4.87. The minimum atomic E-state index is -1.07. The first-order valence-corrected chi connectivity index (χ1v) is 5.11. The molecule has 1 N–H and O–H groups in total. The van der Waals surface area contributed by atoms with Crippen molar-refractivity contribution in [2.45, 2.75) is 6.92 Å². The predicted octanol–water partition coefficient (Wildman–Crippen LogP) is 2.32. The van der Waals surface area contributed by atoms with E-state index < -0.39 is 17.8 Å². The lowest BCUT2D eigenvalue weighted by Gasteiger charge is -2.05. The van der Waals surface area contributed by atoms with Crippen LogP contribution in [0.2, 0.25) is 0 Å². The number of nitrogens with one attached hydrogen (secondary N) is 1. The van der Waals surface area contributed by atoms with E-state index in [4.69, 9.17) is 0 Å². The molecule has 1 amide bonds. The van der Waals surface area contributed by atoms with Crippen molar-refractivity contribution in [3.8, 4) is 0 Å². The van der Waals surface area contributed by atoms with Crippen molar-refractivity contribution in [2.75, 3.05) is 5.32 Å². The molecule has 0 aliphatic rings. The summed E-state index contributed by atoms with van der Waals surface area (Å²) in [5.74, 6) is -2.54. The van der Waals surface area contributed by atoms with E-state index in [9.17, 15) is 13.6 Å². The lowest BCUT2D eigenvalue weighted by atomic mass is 10.2. The number of carbonyl (C=O) groups is 1. The number of carbonyl (C=O) groups excluding carboxylic acids is 1. The zero-order valence-corrected chi connectivity index (χ0v) is 9.45. The van der Waals surface area contributed by atoms with Crippen molar-refractivity contribution < 1.29 is 13.6 Å². The molecule has 0 bridgehead atoms. The molecule has 0 saturated carbocycles. The first kappa shape index (κ1) is 12.1. The summed E-state index contributed by atoms with van der Waals surface area (Å²) in [6.07, 6.45) is 2.95. The average Bonchev–Trinajstić information content (AvgIpc) is 2.32. The van der Waals surface area contributed by atoms with Crippen LogP contribution in [0.4, 0.5) is 14.5 Å². The van der Waals surface area contributed by atoms with E-state index in [2.05, 4.69) is 15.3 Å². The van der Waals surface area contributed by atoms with Crippen LogP contribution in [0.25, 0.3) is 0 Å². The molecule has 6 heteroatoms. The first-order chi connectivity index (χ1) is 8.56. The fourth-order valence-corrected chi connectivity index (χ4v) is 1.38. The average molecular weight is 249 g/mol. The van der Waals surface area contributed by atoms with Gasteiger partial charge in [0.1, 0.15) is 0 Å². The van der Waals surface area contributed by atoms with Gasteiger partial charge in [-0.2, -0.15) is 13.8 Å². The highest BCUT2D eigenvalue weighted by Crippen LogP contribution is 2.13. The van der Waals surface area contributed by atoms with Crippen LogP contribution in [0.1, 0.15) is 15.9 Å². The highest BCUT2D eigenvalue weighted by atomic mass is 19.1. The zero-order chi connectivity index (χ0) is 13.1. The predicted molar refractivity (Wildman–Crippen MR) is 61.1 cm³/mol. The van der Waals surface area contributed by atoms with Gasteiger partial charge in [0.2, 0.25) is 11.9 Å². The number of aromatic nitrogens is 2. The molecule has 92 valence electrons. The Morgan fingerprint density at radius 3 is 2.72 bits per heavy atom. The van der Waals surface area contributed by atoms with Crippen LogP contribution in [0.3, 0.4) is 0 Å². The number of aryl methyl sites for hydroxylation is 1. The molecule has 2 rings (SSSR count). The summed E-state index contributed by atoms with van der Waals surface area (Å²) in [6.45, 7) is 1.78. The molecule has 0 unspecified atom stereocenters. The second-order valence-corrected chi connectivity index (χ2v) is 3.68. The smallest absolute Gasteiger partial charge is 0.257 e. The Labute approximate surface area is 102 Å². The third kappa shape index (κ3) is 2.65. The van der Waals surface area contributed by atoms with Crippen LogP contribution in [0.5, 0.6) is 0 Å². The summed E-state index contributed by atoms with van der Waals surface area (Å²) in [5, 5.41) is 2.30. The molecule has 0 aromatic carbocycles. The highest BCUT2D eigenvalue weighted by molar-refractivity contribution is 6.04. The SMILES string of the molecule is Cc1cncc(C(=O)Nc2ccc(F)nc2F)c1. The van der Waals surface area contributed by atoms with Crippen LogP contribution in [-0.4, -0.2) is 15.9 Å². The Morgan fingerprint density at radius 1 is 1.28 bits per heavy atom. The maximum atomic E-state index is 13.2. The maximum absolute atomic E-state index is 13.2. The van der Waals surface area contributed by atoms with Crippen molar-refractivity contribution in [1.29, 1.82) is 0 Å². The van der Waals surface area contributed by atoms with Gasteiger partial charge in [-0.25, -0.2) is 0 Å². The topological polar surface area (TPSA) is 54.9 Å². The molecule has 0 atom stereocenters. The molecule has 2 heterocycles. The third-order valence-corrected chi connectivity index (χ3v) is 2.20. The lowest BCUT2D eigenvalue weighted by Crippen LogP contribution is -2.14. The summed E-state index contributed by atoms with van der Waals surface area (Å²) in [4.78, 5) is 18.6. The summed E-state index contributed by atoms with van der Waals surface area (Å²) >= 11 is 0. The first-order valence-electron chi connectivity index (χ1n) is 5.11. The number of nitrogens with zero attached hydrogens (tertiary/aromatic N) is 2. The number of pyridine rings is 2. The van der Waals surface area contributed by atoms with Gasteiger partial charge in [-0.3, -0.25) is 9.78 Å². The Hall–Kier alpha value is -2.37. The Morgan fingerprint density at radius 2 is 2.06 bits per heavy atom. The fraction of sp³-hybridized carbons (Fsp3) is 0.0833. The highest BCUT2D eigenvalue weighted by Gasteiger charge is 2.11. The molecular weight excluding hydrogens is 240 g/mol. The van der Waals surface area contributed by atoms with Crippen LogP contribution >= 0.6 is 0 Å². The van der Waals surface area contributed by atoms with Crippen molar-refractivity contribution in [2.24, 2.45) is 0 Å². The number of hydrogen-bond donors (Lipinski definition) is 1. The van der Waals surface area contributed by atoms with Crippen LogP contribution in [0, 0.1) is 18.8 Å². The van der Waals surface area contributed by atoms with Gasteiger partial charge in [0, 0.05) is 12.4 Å². The monoisotopic (exact) mass is 249 g/mol. The molecule has 18 heavy (non-hydrogen) atoms. The Bertz CT molecular complexity index is 602. The van der Waals surface area contributed by atoms with Crippen molar-refractivity contribution in [3.63, 3.8) is 0 Å².